The number of thioether (sulfide) groups is 1. The average molecular weight is 339 g/mol. The van der Waals surface area contributed by atoms with Gasteiger partial charge in [-0.3, -0.25) is 0 Å². The van der Waals surface area contributed by atoms with Crippen LogP contribution in [0.1, 0.15) is 11.7 Å². The molecule has 2 rings (SSSR count). The topological polar surface area (TPSA) is 29.5 Å². The van der Waals surface area contributed by atoms with Crippen LogP contribution in [0, 0.1) is 0 Å². The van der Waals surface area contributed by atoms with Gasteiger partial charge in [-0.25, -0.2) is 0 Å². The molecule has 0 radical (unpaired) electrons. The van der Waals surface area contributed by atoms with E-state index >= 15 is 0 Å². The SMILES string of the molecule is COc1ccc(SCC(O)c2ccc(Br)cc2)cc1. The predicted octanol–water partition coefficient (Wildman–Crippen LogP) is 4.28. The van der Waals surface area contributed by atoms with Crippen molar-refractivity contribution in [3.63, 3.8) is 0 Å². The molecule has 0 spiro atoms. The summed E-state index contributed by atoms with van der Waals surface area (Å²) < 4.78 is 6.13. The van der Waals surface area contributed by atoms with Gasteiger partial charge in [0.1, 0.15) is 5.75 Å². The summed E-state index contributed by atoms with van der Waals surface area (Å²) in [4.78, 5) is 1.12. The molecule has 4 heteroatoms. The van der Waals surface area contributed by atoms with E-state index in [0.29, 0.717) is 5.75 Å². The standard InChI is InChI=1S/C15H15BrO2S/c1-18-13-6-8-14(9-7-13)19-10-15(17)11-2-4-12(16)5-3-11/h2-9,15,17H,10H2,1H3. The summed E-state index contributed by atoms with van der Waals surface area (Å²) >= 11 is 5.01. The normalized spacial score (nSPS) is 12.2. The van der Waals surface area contributed by atoms with Crippen molar-refractivity contribution in [3.8, 4) is 5.75 Å². The Morgan fingerprint density at radius 3 is 2.32 bits per heavy atom. The third kappa shape index (κ3) is 4.27. The highest BCUT2D eigenvalue weighted by atomic mass is 79.9. The van der Waals surface area contributed by atoms with Gasteiger partial charge in [-0.15, -0.1) is 11.8 Å². The lowest BCUT2D eigenvalue weighted by Gasteiger charge is -2.11. The summed E-state index contributed by atoms with van der Waals surface area (Å²) in [5, 5.41) is 10.1. The van der Waals surface area contributed by atoms with Crippen LogP contribution in [0.5, 0.6) is 5.75 Å². The molecule has 0 amide bonds. The van der Waals surface area contributed by atoms with Crippen LogP contribution in [0.25, 0.3) is 0 Å². The molecule has 0 fully saturated rings. The van der Waals surface area contributed by atoms with Gasteiger partial charge in [0.2, 0.25) is 0 Å². The molecule has 1 atom stereocenters. The zero-order chi connectivity index (χ0) is 13.7. The average Bonchev–Trinajstić information content (AvgIpc) is 2.46. The minimum atomic E-state index is -0.458. The first kappa shape index (κ1) is 14.4. The van der Waals surface area contributed by atoms with Gasteiger partial charge in [0.25, 0.3) is 0 Å². The van der Waals surface area contributed by atoms with Gasteiger partial charge in [-0.1, -0.05) is 28.1 Å². The van der Waals surface area contributed by atoms with Crippen molar-refractivity contribution in [2.75, 3.05) is 12.9 Å². The molecule has 0 aliphatic carbocycles. The maximum absolute atomic E-state index is 10.1. The minimum Gasteiger partial charge on any atom is -0.497 e. The number of halogens is 1. The van der Waals surface area contributed by atoms with Crippen LogP contribution >= 0.6 is 27.7 Å². The summed E-state index contributed by atoms with van der Waals surface area (Å²) in [7, 11) is 1.65. The fraction of sp³-hybridized carbons (Fsp3) is 0.200. The van der Waals surface area contributed by atoms with E-state index in [1.807, 2.05) is 48.5 Å². The van der Waals surface area contributed by atoms with Gasteiger partial charge >= 0.3 is 0 Å². The summed E-state index contributed by atoms with van der Waals surface area (Å²) in [6, 6.07) is 15.6. The largest absolute Gasteiger partial charge is 0.497 e. The molecule has 0 aliphatic rings. The third-order valence-electron chi connectivity index (χ3n) is 2.72. The lowest BCUT2D eigenvalue weighted by Crippen LogP contribution is -2.00. The summed E-state index contributed by atoms with van der Waals surface area (Å²) in [5.41, 5.74) is 0.934. The quantitative estimate of drug-likeness (QED) is 0.825. The van der Waals surface area contributed by atoms with E-state index in [0.717, 1.165) is 20.7 Å². The fourth-order valence-corrected chi connectivity index (χ4v) is 2.76. The van der Waals surface area contributed by atoms with Crippen molar-refractivity contribution < 1.29 is 9.84 Å². The molecule has 0 aromatic heterocycles. The second-order valence-corrected chi connectivity index (χ2v) is 6.06. The highest BCUT2D eigenvalue weighted by Gasteiger charge is 2.08. The van der Waals surface area contributed by atoms with E-state index in [9.17, 15) is 5.11 Å². The molecular weight excluding hydrogens is 324 g/mol. The summed E-state index contributed by atoms with van der Waals surface area (Å²) in [5.74, 6) is 1.48. The maximum atomic E-state index is 10.1. The smallest absolute Gasteiger partial charge is 0.118 e. The zero-order valence-electron chi connectivity index (χ0n) is 10.5. The van der Waals surface area contributed by atoms with Gasteiger partial charge in [-0.2, -0.15) is 0 Å². The van der Waals surface area contributed by atoms with Crippen LogP contribution < -0.4 is 4.74 Å². The molecule has 1 N–H and O–H groups in total. The summed E-state index contributed by atoms with van der Waals surface area (Å²) in [6.07, 6.45) is -0.458. The zero-order valence-corrected chi connectivity index (χ0v) is 12.9. The van der Waals surface area contributed by atoms with E-state index in [2.05, 4.69) is 15.9 Å². The number of benzene rings is 2. The van der Waals surface area contributed by atoms with E-state index in [1.54, 1.807) is 18.9 Å². The van der Waals surface area contributed by atoms with Gasteiger partial charge in [-0.05, 0) is 42.0 Å². The Kier molecular flexibility index (Phi) is 5.31. The van der Waals surface area contributed by atoms with Gasteiger partial charge in [0, 0.05) is 15.1 Å². The van der Waals surface area contributed by atoms with Crippen LogP contribution in [0.3, 0.4) is 0 Å². The molecule has 0 aliphatic heterocycles. The molecular formula is C15H15BrO2S. The van der Waals surface area contributed by atoms with E-state index in [1.165, 1.54) is 0 Å². The first-order chi connectivity index (χ1) is 9.19. The second kappa shape index (κ2) is 6.98. The Balaban J connectivity index is 1.92. The van der Waals surface area contributed by atoms with Crippen LogP contribution in [0.2, 0.25) is 0 Å². The van der Waals surface area contributed by atoms with Crippen molar-refractivity contribution in [2.24, 2.45) is 0 Å². The molecule has 19 heavy (non-hydrogen) atoms. The third-order valence-corrected chi connectivity index (χ3v) is 4.34. The first-order valence-electron chi connectivity index (χ1n) is 5.89. The molecule has 0 bridgehead atoms. The van der Waals surface area contributed by atoms with Crippen LogP contribution in [0.4, 0.5) is 0 Å². The number of aliphatic hydroxyl groups is 1. The van der Waals surface area contributed by atoms with Gasteiger partial charge in [0.15, 0.2) is 0 Å². The Bertz CT molecular complexity index is 511. The number of aliphatic hydroxyl groups excluding tert-OH is 1. The fourth-order valence-electron chi connectivity index (χ4n) is 1.63. The lowest BCUT2D eigenvalue weighted by atomic mass is 10.1. The van der Waals surface area contributed by atoms with E-state index < -0.39 is 6.10 Å². The van der Waals surface area contributed by atoms with Crippen molar-refractivity contribution in [2.45, 2.75) is 11.0 Å². The maximum Gasteiger partial charge on any atom is 0.118 e. The molecule has 0 saturated heterocycles. The van der Waals surface area contributed by atoms with Crippen molar-refractivity contribution in [3.05, 3.63) is 58.6 Å². The molecule has 1 unspecified atom stereocenters. The molecule has 0 heterocycles. The molecule has 2 aromatic rings. The molecule has 2 nitrogen and oxygen atoms in total. The van der Waals surface area contributed by atoms with E-state index in [-0.39, 0.29) is 0 Å². The first-order valence-corrected chi connectivity index (χ1v) is 7.67. The summed E-state index contributed by atoms with van der Waals surface area (Å²) in [6.45, 7) is 0. The highest BCUT2D eigenvalue weighted by Crippen LogP contribution is 2.26. The number of hydrogen-bond donors (Lipinski definition) is 1. The van der Waals surface area contributed by atoms with Crippen molar-refractivity contribution in [1.29, 1.82) is 0 Å². The lowest BCUT2D eigenvalue weighted by molar-refractivity contribution is 0.204. The monoisotopic (exact) mass is 338 g/mol. The molecule has 0 saturated carbocycles. The Morgan fingerprint density at radius 2 is 1.74 bits per heavy atom. The van der Waals surface area contributed by atoms with E-state index in [4.69, 9.17) is 4.74 Å². The van der Waals surface area contributed by atoms with Gasteiger partial charge in [0.05, 0.1) is 13.2 Å². The van der Waals surface area contributed by atoms with Crippen LogP contribution in [-0.4, -0.2) is 18.0 Å². The second-order valence-electron chi connectivity index (χ2n) is 4.05. The Labute approximate surface area is 125 Å². The predicted molar refractivity (Wildman–Crippen MR) is 82.8 cm³/mol. The molecule has 100 valence electrons. The van der Waals surface area contributed by atoms with Crippen molar-refractivity contribution >= 4 is 27.7 Å². The minimum absolute atomic E-state index is 0.458. The van der Waals surface area contributed by atoms with Crippen LogP contribution in [-0.2, 0) is 0 Å². The van der Waals surface area contributed by atoms with Crippen LogP contribution in [0.15, 0.2) is 57.9 Å². The number of ether oxygens (including phenoxy) is 1. The molecule has 2 aromatic carbocycles. The number of rotatable bonds is 5. The highest BCUT2D eigenvalue weighted by molar-refractivity contribution is 9.10. The van der Waals surface area contributed by atoms with Crippen molar-refractivity contribution in [1.82, 2.24) is 0 Å². The number of hydrogen-bond acceptors (Lipinski definition) is 3. The Hall–Kier alpha value is -0.970. The Morgan fingerprint density at radius 1 is 1.11 bits per heavy atom. The van der Waals surface area contributed by atoms with Gasteiger partial charge < -0.3 is 9.84 Å². The number of methoxy groups -OCH3 is 1.